The van der Waals surface area contributed by atoms with Gasteiger partial charge in [-0.2, -0.15) is 0 Å². The molecule has 3 unspecified atom stereocenters. The summed E-state index contributed by atoms with van der Waals surface area (Å²) in [7, 11) is 0. The highest BCUT2D eigenvalue weighted by Crippen LogP contribution is 2.16. The first-order valence-corrected chi connectivity index (χ1v) is 6.69. The van der Waals surface area contributed by atoms with E-state index in [1.807, 2.05) is 0 Å². The second-order valence-electron chi connectivity index (χ2n) is 4.69. The van der Waals surface area contributed by atoms with Crippen molar-refractivity contribution in [2.75, 3.05) is 6.61 Å². The van der Waals surface area contributed by atoms with E-state index < -0.39 is 36.5 Å². The maximum absolute atomic E-state index is 11.7. The van der Waals surface area contributed by atoms with Crippen molar-refractivity contribution in [1.82, 2.24) is 0 Å². The number of hydrogen-bond acceptors (Lipinski definition) is 5. The molecule has 6 heteroatoms. The Morgan fingerprint density at radius 1 is 1.05 bits per heavy atom. The lowest BCUT2D eigenvalue weighted by atomic mass is 9.91. The van der Waals surface area contributed by atoms with Gasteiger partial charge in [-0.25, -0.2) is 0 Å². The molecule has 0 spiro atoms. The average Bonchev–Trinajstić information content (AvgIpc) is 2.39. The number of carboxylic acid groups (broad SMARTS) is 1. The molecule has 0 aliphatic carbocycles. The summed E-state index contributed by atoms with van der Waals surface area (Å²) in [5.74, 6) is -3.56. The van der Waals surface area contributed by atoms with Crippen LogP contribution >= 0.6 is 0 Å². The quantitative estimate of drug-likeness (QED) is 0.319. The molecule has 112 valence electrons. The fourth-order valence-electron chi connectivity index (χ4n) is 1.84. The van der Waals surface area contributed by atoms with Gasteiger partial charge in [-0.3, -0.25) is 9.59 Å². The second kappa shape index (κ2) is 9.89. The smallest absolute Gasteiger partial charge is 0.314 e. The van der Waals surface area contributed by atoms with E-state index >= 15 is 0 Å². The highest BCUT2D eigenvalue weighted by atomic mass is 16.4. The minimum Gasteiger partial charge on any atom is -0.481 e. The monoisotopic (exact) mass is 276 g/mol. The third-order valence-corrected chi connectivity index (χ3v) is 3.08. The van der Waals surface area contributed by atoms with Crippen LogP contribution in [0.4, 0.5) is 0 Å². The number of aliphatic carboxylic acids is 1. The zero-order valence-electron chi connectivity index (χ0n) is 11.3. The van der Waals surface area contributed by atoms with Crippen LogP contribution in [0.5, 0.6) is 0 Å². The van der Waals surface area contributed by atoms with E-state index in [2.05, 4.69) is 6.92 Å². The Morgan fingerprint density at radius 2 is 1.63 bits per heavy atom. The van der Waals surface area contributed by atoms with E-state index in [9.17, 15) is 14.7 Å². The molecule has 0 fully saturated rings. The summed E-state index contributed by atoms with van der Waals surface area (Å²) in [6.45, 7) is 1.28. The van der Waals surface area contributed by atoms with Crippen molar-refractivity contribution in [1.29, 1.82) is 0 Å². The van der Waals surface area contributed by atoms with E-state index in [1.54, 1.807) is 0 Å². The molecule has 0 saturated carbocycles. The molecule has 19 heavy (non-hydrogen) atoms. The molecule has 0 aliphatic rings. The molecule has 0 saturated heterocycles. The number of aliphatic hydroxyl groups excluding tert-OH is 3. The fourth-order valence-corrected chi connectivity index (χ4v) is 1.84. The van der Waals surface area contributed by atoms with Crippen LogP contribution in [0.1, 0.15) is 45.4 Å². The minimum atomic E-state index is -1.85. The van der Waals surface area contributed by atoms with E-state index in [0.29, 0.717) is 6.42 Å². The maximum Gasteiger partial charge on any atom is 0.314 e. The van der Waals surface area contributed by atoms with Gasteiger partial charge in [-0.15, -0.1) is 0 Å². The molecule has 0 amide bonds. The van der Waals surface area contributed by atoms with Gasteiger partial charge in [0.2, 0.25) is 0 Å². The number of carbonyl (C=O) groups excluding carboxylic acids is 1. The van der Waals surface area contributed by atoms with Crippen molar-refractivity contribution in [3.8, 4) is 0 Å². The summed E-state index contributed by atoms with van der Waals surface area (Å²) in [5.41, 5.74) is 0. The Hall–Kier alpha value is -0.980. The maximum atomic E-state index is 11.7. The summed E-state index contributed by atoms with van der Waals surface area (Å²) in [6.07, 6.45) is 1.22. The molecule has 0 radical (unpaired) electrons. The van der Waals surface area contributed by atoms with Crippen LogP contribution in [-0.4, -0.2) is 51.0 Å². The number of aliphatic hydroxyl groups is 3. The standard InChI is InChI=1S/C13H24O6/c1-2-3-4-5-6-7-9(13(18)19)11(16)12(17)10(15)8-14/h9-10,12,14-15,17H,2-8H2,1H3,(H,18,19). The molecule has 0 bridgehead atoms. The van der Waals surface area contributed by atoms with E-state index in [0.717, 1.165) is 25.7 Å². The van der Waals surface area contributed by atoms with Crippen molar-refractivity contribution in [3.63, 3.8) is 0 Å². The van der Waals surface area contributed by atoms with Crippen LogP contribution in [0.2, 0.25) is 0 Å². The molecule has 0 rings (SSSR count). The minimum absolute atomic E-state index is 0.146. The summed E-state index contributed by atoms with van der Waals surface area (Å²) in [4.78, 5) is 22.7. The summed E-state index contributed by atoms with van der Waals surface area (Å²) in [6, 6.07) is 0. The SMILES string of the molecule is CCCCCCCC(C(=O)O)C(=O)C(O)C(O)CO. The third-order valence-electron chi connectivity index (χ3n) is 3.08. The molecule has 0 aliphatic heterocycles. The number of hydrogen-bond donors (Lipinski definition) is 4. The number of unbranched alkanes of at least 4 members (excludes halogenated alkanes) is 4. The second-order valence-corrected chi connectivity index (χ2v) is 4.69. The number of ketones is 1. The molecule has 0 heterocycles. The largest absolute Gasteiger partial charge is 0.481 e. The Bertz CT molecular complexity index is 278. The lowest BCUT2D eigenvalue weighted by Crippen LogP contribution is -2.42. The molecule has 4 N–H and O–H groups in total. The first-order chi connectivity index (χ1) is 8.95. The van der Waals surface area contributed by atoms with Crippen LogP contribution in [0.25, 0.3) is 0 Å². The zero-order valence-corrected chi connectivity index (χ0v) is 11.3. The van der Waals surface area contributed by atoms with Gasteiger partial charge in [0.15, 0.2) is 5.78 Å². The molecule has 3 atom stereocenters. The highest BCUT2D eigenvalue weighted by Gasteiger charge is 2.34. The Kier molecular flexibility index (Phi) is 9.38. The van der Waals surface area contributed by atoms with E-state index in [-0.39, 0.29) is 6.42 Å². The predicted molar refractivity (Wildman–Crippen MR) is 68.6 cm³/mol. The average molecular weight is 276 g/mol. The Morgan fingerprint density at radius 3 is 2.11 bits per heavy atom. The van der Waals surface area contributed by atoms with Gasteiger partial charge in [0.25, 0.3) is 0 Å². The van der Waals surface area contributed by atoms with Gasteiger partial charge in [-0.1, -0.05) is 39.0 Å². The van der Waals surface area contributed by atoms with Crippen molar-refractivity contribution < 1.29 is 30.0 Å². The van der Waals surface area contributed by atoms with Gasteiger partial charge in [-0.05, 0) is 6.42 Å². The van der Waals surface area contributed by atoms with Gasteiger partial charge in [0.05, 0.1) is 6.61 Å². The van der Waals surface area contributed by atoms with Gasteiger partial charge in [0.1, 0.15) is 18.1 Å². The lowest BCUT2D eigenvalue weighted by molar-refractivity contribution is -0.152. The van der Waals surface area contributed by atoms with Gasteiger partial charge in [0, 0.05) is 0 Å². The van der Waals surface area contributed by atoms with Crippen molar-refractivity contribution in [2.24, 2.45) is 5.92 Å². The molecule has 0 aromatic rings. The van der Waals surface area contributed by atoms with Crippen LogP contribution in [0.3, 0.4) is 0 Å². The predicted octanol–water partition coefficient (Wildman–Crippen LogP) is 0.331. The van der Waals surface area contributed by atoms with Gasteiger partial charge < -0.3 is 20.4 Å². The molecular formula is C13H24O6. The van der Waals surface area contributed by atoms with Crippen molar-refractivity contribution in [2.45, 2.75) is 57.7 Å². The fraction of sp³-hybridized carbons (Fsp3) is 0.846. The van der Waals surface area contributed by atoms with Crippen molar-refractivity contribution >= 4 is 11.8 Å². The normalized spacial score (nSPS) is 15.8. The lowest BCUT2D eigenvalue weighted by Gasteiger charge is -2.18. The van der Waals surface area contributed by atoms with E-state index in [1.165, 1.54) is 0 Å². The summed E-state index contributed by atoms with van der Waals surface area (Å²) >= 11 is 0. The van der Waals surface area contributed by atoms with Crippen LogP contribution < -0.4 is 0 Å². The summed E-state index contributed by atoms with van der Waals surface area (Å²) < 4.78 is 0. The van der Waals surface area contributed by atoms with E-state index in [4.69, 9.17) is 15.3 Å². The Labute approximate surface area is 113 Å². The number of carboxylic acids is 1. The third kappa shape index (κ3) is 6.66. The summed E-state index contributed by atoms with van der Waals surface area (Å²) in [5, 5.41) is 36.2. The highest BCUT2D eigenvalue weighted by molar-refractivity contribution is 6.00. The van der Waals surface area contributed by atoms with Crippen molar-refractivity contribution in [3.05, 3.63) is 0 Å². The first kappa shape index (κ1) is 18.0. The molecule has 0 aromatic heterocycles. The van der Waals surface area contributed by atoms with Crippen LogP contribution in [-0.2, 0) is 9.59 Å². The molecular weight excluding hydrogens is 252 g/mol. The van der Waals surface area contributed by atoms with Gasteiger partial charge >= 0.3 is 5.97 Å². The number of rotatable bonds is 11. The first-order valence-electron chi connectivity index (χ1n) is 6.69. The molecule has 6 nitrogen and oxygen atoms in total. The topological polar surface area (TPSA) is 115 Å². The van der Waals surface area contributed by atoms with Crippen LogP contribution in [0.15, 0.2) is 0 Å². The number of carbonyl (C=O) groups is 2. The number of Topliss-reactive ketones (excluding diaryl/α,β-unsaturated/α-hetero) is 1. The zero-order chi connectivity index (χ0) is 14.8. The molecule has 0 aromatic carbocycles. The van der Waals surface area contributed by atoms with Crippen LogP contribution in [0, 0.1) is 5.92 Å². The Balaban J connectivity index is 4.31.